The number of aromatic nitrogens is 2. The lowest BCUT2D eigenvalue weighted by molar-refractivity contribution is 0.794. The molecule has 61 heavy (non-hydrogen) atoms. The van der Waals surface area contributed by atoms with Crippen LogP contribution in [0.5, 0.6) is 0 Å². The van der Waals surface area contributed by atoms with E-state index in [0.717, 1.165) is 39.2 Å². The average Bonchev–Trinajstić information content (AvgIpc) is 3.81. The van der Waals surface area contributed by atoms with E-state index < -0.39 is 5.41 Å². The van der Waals surface area contributed by atoms with Gasteiger partial charge in [-0.25, -0.2) is 9.97 Å². The van der Waals surface area contributed by atoms with Gasteiger partial charge in [-0.1, -0.05) is 206 Å². The van der Waals surface area contributed by atoms with Gasteiger partial charge in [-0.05, 0) is 102 Å². The summed E-state index contributed by atoms with van der Waals surface area (Å²) < 4.78 is 0. The van der Waals surface area contributed by atoms with Crippen molar-refractivity contribution in [2.24, 2.45) is 0 Å². The maximum Gasteiger partial charge on any atom is 0.160 e. The number of rotatable bonds is 6. The van der Waals surface area contributed by atoms with Crippen LogP contribution in [0.4, 0.5) is 0 Å². The SMILES string of the molecule is c1ccc(-c2cc(-c3cccc(-c4ccc(-c5cc6c(cc5-c5ccccc5)-c5ccccc5C65c6ccccc6-c6ccccc65)cc4)c3)nc(-c3ccccc3)n2)cc1. The minimum Gasteiger partial charge on any atom is -0.228 e. The second kappa shape index (κ2) is 14.1. The molecule has 2 aliphatic carbocycles. The molecule has 2 aliphatic rings. The summed E-state index contributed by atoms with van der Waals surface area (Å²) in [6, 6.07) is 83.5. The molecule has 0 saturated heterocycles. The summed E-state index contributed by atoms with van der Waals surface area (Å²) in [6.07, 6.45) is 0. The van der Waals surface area contributed by atoms with Crippen LogP contribution in [0.2, 0.25) is 0 Å². The topological polar surface area (TPSA) is 25.8 Å². The van der Waals surface area contributed by atoms with Gasteiger partial charge in [0.25, 0.3) is 0 Å². The average molecular weight is 775 g/mol. The Hall–Kier alpha value is -7.94. The second-order valence-electron chi connectivity index (χ2n) is 16.0. The highest BCUT2D eigenvalue weighted by atomic mass is 14.9. The van der Waals surface area contributed by atoms with Crippen LogP contribution in [-0.4, -0.2) is 9.97 Å². The fourth-order valence-corrected chi connectivity index (χ4v) is 10.0. The molecule has 0 amide bonds. The molecule has 10 aromatic rings. The van der Waals surface area contributed by atoms with Crippen LogP contribution >= 0.6 is 0 Å². The Morgan fingerprint density at radius 1 is 0.230 bits per heavy atom. The van der Waals surface area contributed by atoms with Gasteiger partial charge in [-0.2, -0.15) is 0 Å². The molecule has 0 fully saturated rings. The van der Waals surface area contributed by atoms with Gasteiger partial charge in [-0.3, -0.25) is 0 Å². The first-order valence-electron chi connectivity index (χ1n) is 21.0. The lowest BCUT2D eigenvalue weighted by Gasteiger charge is -2.31. The van der Waals surface area contributed by atoms with Gasteiger partial charge < -0.3 is 0 Å². The van der Waals surface area contributed by atoms with E-state index in [1.54, 1.807) is 0 Å². The Labute approximate surface area is 356 Å². The number of nitrogens with zero attached hydrogens (tertiary/aromatic N) is 2. The third-order valence-electron chi connectivity index (χ3n) is 12.7. The van der Waals surface area contributed by atoms with E-state index in [0.29, 0.717) is 5.82 Å². The maximum absolute atomic E-state index is 5.12. The molecule has 1 spiro atoms. The number of hydrogen-bond acceptors (Lipinski definition) is 2. The molecule has 0 bridgehead atoms. The monoisotopic (exact) mass is 774 g/mol. The molecule has 0 unspecified atom stereocenters. The number of fused-ring (bicyclic) bond motifs is 10. The smallest absolute Gasteiger partial charge is 0.160 e. The Bertz CT molecular complexity index is 3170. The lowest BCUT2D eigenvalue weighted by Crippen LogP contribution is -2.25. The van der Waals surface area contributed by atoms with Gasteiger partial charge in [0.2, 0.25) is 0 Å². The van der Waals surface area contributed by atoms with Gasteiger partial charge >= 0.3 is 0 Å². The van der Waals surface area contributed by atoms with Crippen molar-refractivity contribution in [1.29, 1.82) is 0 Å². The first-order valence-corrected chi connectivity index (χ1v) is 21.0. The predicted octanol–water partition coefficient (Wildman–Crippen LogP) is 14.8. The second-order valence-corrected chi connectivity index (χ2v) is 16.0. The molecule has 0 saturated carbocycles. The van der Waals surface area contributed by atoms with Gasteiger partial charge in [0.15, 0.2) is 5.82 Å². The zero-order valence-corrected chi connectivity index (χ0v) is 33.3. The molecule has 1 aromatic heterocycles. The first kappa shape index (κ1) is 35.0. The van der Waals surface area contributed by atoms with Crippen molar-refractivity contribution in [3.63, 3.8) is 0 Å². The van der Waals surface area contributed by atoms with Crippen molar-refractivity contribution < 1.29 is 0 Å². The van der Waals surface area contributed by atoms with E-state index in [1.807, 2.05) is 24.3 Å². The summed E-state index contributed by atoms with van der Waals surface area (Å²) in [6.45, 7) is 0. The Morgan fingerprint density at radius 3 is 1.26 bits per heavy atom. The summed E-state index contributed by atoms with van der Waals surface area (Å²) in [5.41, 5.74) is 22.2. The van der Waals surface area contributed by atoms with Crippen LogP contribution in [0.15, 0.2) is 231 Å². The molecular formula is C59H38N2. The third kappa shape index (κ3) is 5.57. The maximum atomic E-state index is 5.12. The van der Waals surface area contributed by atoms with Crippen LogP contribution < -0.4 is 0 Å². The summed E-state index contributed by atoms with van der Waals surface area (Å²) in [4.78, 5) is 10.1. The summed E-state index contributed by atoms with van der Waals surface area (Å²) in [7, 11) is 0. The third-order valence-corrected chi connectivity index (χ3v) is 12.7. The zero-order chi connectivity index (χ0) is 40.3. The van der Waals surface area contributed by atoms with Crippen molar-refractivity contribution in [3.05, 3.63) is 253 Å². The van der Waals surface area contributed by atoms with Gasteiger partial charge in [0.05, 0.1) is 16.8 Å². The van der Waals surface area contributed by atoms with Crippen LogP contribution in [0, 0.1) is 0 Å². The summed E-state index contributed by atoms with van der Waals surface area (Å²) in [5, 5.41) is 0. The van der Waals surface area contributed by atoms with E-state index in [-0.39, 0.29) is 0 Å². The van der Waals surface area contributed by atoms with E-state index in [2.05, 4.69) is 206 Å². The van der Waals surface area contributed by atoms with Crippen molar-refractivity contribution in [2.45, 2.75) is 5.41 Å². The Morgan fingerprint density at radius 2 is 0.656 bits per heavy atom. The largest absolute Gasteiger partial charge is 0.228 e. The van der Waals surface area contributed by atoms with Crippen LogP contribution in [0.1, 0.15) is 22.3 Å². The summed E-state index contributed by atoms with van der Waals surface area (Å²) >= 11 is 0. The highest BCUT2D eigenvalue weighted by molar-refractivity contribution is 5.99. The van der Waals surface area contributed by atoms with E-state index >= 15 is 0 Å². The van der Waals surface area contributed by atoms with E-state index in [4.69, 9.17) is 9.97 Å². The molecule has 9 aromatic carbocycles. The highest BCUT2D eigenvalue weighted by Crippen LogP contribution is 2.63. The fourth-order valence-electron chi connectivity index (χ4n) is 10.0. The quantitative estimate of drug-likeness (QED) is 0.168. The molecule has 0 aliphatic heterocycles. The van der Waals surface area contributed by atoms with Crippen LogP contribution in [0.3, 0.4) is 0 Å². The molecule has 2 nitrogen and oxygen atoms in total. The van der Waals surface area contributed by atoms with Crippen molar-refractivity contribution in [3.8, 4) is 89.5 Å². The normalized spacial score (nSPS) is 12.7. The fraction of sp³-hybridized carbons (Fsp3) is 0.0169. The van der Waals surface area contributed by atoms with Crippen LogP contribution in [-0.2, 0) is 5.41 Å². The molecule has 0 atom stereocenters. The Balaban J connectivity index is 0.995. The number of benzene rings is 9. The van der Waals surface area contributed by atoms with Gasteiger partial charge in [0, 0.05) is 16.7 Å². The van der Waals surface area contributed by atoms with Crippen LogP contribution in [0.25, 0.3) is 89.5 Å². The standard InChI is InChI=1S/C59H38N2/c1-4-17-40(18-5-1)49-36-51-48-27-12-15-30-54(48)59(52-28-13-10-25-46(52)47-26-11-14-29-53(47)59)55(51)37-50(49)41-33-31-39(32-34-41)44-23-16-24-45(35-44)57-38-56(42-19-6-2-7-20-42)60-58(61-57)43-21-8-3-9-22-43/h1-38H. The van der Waals surface area contributed by atoms with Gasteiger partial charge in [-0.15, -0.1) is 0 Å². The van der Waals surface area contributed by atoms with Crippen molar-refractivity contribution in [1.82, 2.24) is 9.97 Å². The minimum absolute atomic E-state index is 0.412. The molecule has 0 N–H and O–H groups in total. The number of hydrogen-bond donors (Lipinski definition) is 0. The molecular weight excluding hydrogens is 737 g/mol. The molecule has 2 heteroatoms. The highest BCUT2D eigenvalue weighted by Gasteiger charge is 2.51. The summed E-state index contributed by atoms with van der Waals surface area (Å²) in [5.74, 6) is 0.713. The minimum atomic E-state index is -0.412. The molecule has 12 rings (SSSR count). The van der Waals surface area contributed by atoms with Gasteiger partial charge in [0.1, 0.15) is 0 Å². The van der Waals surface area contributed by atoms with Crippen molar-refractivity contribution in [2.75, 3.05) is 0 Å². The van der Waals surface area contributed by atoms with E-state index in [9.17, 15) is 0 Å². The molecule has 0 radical (unpaired) electrons. The van der Waals surface area contributed by atoms with E-state index in [1.165, 1.54) is 66.8 Å². The zero-order valence-electron chi connectivity index (χ0n) is 33.3. The molecule has 284 valence electrons. The molecule has 1 heterocycles. The Kier molecular flexibility index (Phi) is 8.11. The lowest BCUT2D eigenvalue weighted by atomic mass is 9.70. The first-order chi connectivity index (χ1) is 30.2. The predicted molar refractivity (Wildman–Crippen MR) is 251 cm³/mol. The van der Waals surface area contributed by atoms with Crippen molar-refractivity contribution >= 4 is 0 Å².